The number of sulfone groups is 1. The summed E-state index contributed by atoms with van der Waals surface area (Å²) in [5.41, 5.74) is 1.05. The van der Waals surface area contributed by atoms with Gasteiger partial charge in [0, 0.05) is 12.4 Å². The van der Waals surface area contributed by atoms with E-state index in [0.717, 1.165) is 31.5 Å². The predicted molar refractivity (Wildman–Crippen MR) is 81.7 cm³/mol. The molecule has 0 amide bonds. The summed E-state index contributed by atoms with van der Waals surface area (Å²) in [5, 5.41) is 4.00. The van der Waals surface area contributed by atoms with Crippen molar-refractivity contribution in [1.29, 1.82) is 0 Å². The van der Waals surface area contributed by atoms with Crippen molar-refractivity contribution in [2.75, 3.05) is 24.6 Å². The normalized spacial score (nSPS) is 22.8. The van der Waals surface area contributed by atoms with E-state index in [1.165, 1.54) is 0 Å². The van der Waals surface area contributed by atoms with Gasteiger partial charge in [-0.25, -0.2) is 8.42 Å². The second kappa shape index (κ2) is 6.87. The molecule has 2 unspecified atom stereocenters. The number of halogens is 1. The molecule has 1 aliphatic rings. The van der Waals surface area contributed by atoms with Crippen molar-refractivity contribution in [2.24, 2.45) is 11.8 Å². The number of hydrogen-bond donors (Lipinski definition) is 1. The Morgan fingerprint density at radius 1 is 1.55 bits per heavy atom. The molecule has 2 heterocycles. The van der Waals surface area contributed by atoms with Gasteiger partial charge in [-0.15, -0.1) is 0 Å². The van der Waals surface area contributed by atoms with Gasteiger partial charge in [-0.1, -0.05) is 18.5 Å². The van der Waals surface area contributed by atoms with Crippen LogP contribution in [0.4, 0.5) is 0 Å². The number of hydrogen-bond acceptors (Lipinski definition) is 4. The van der Waals surface area contributed by atoms with Gasteiger partial charge in [0.2, 0.25) is 0 Å². The Morgan fingerprint density at radius 3 is 2.95 bits per heavy atom. The van der Waals surface area contributed by atoms with E-state index in [0.29, 0.717) is 22.4 Å². The van der Waals surface area contributed by atoms with Gasteiger partial charge in [-0.05, 0) is 49.4 Å². The SMILES string of the molecule is CCNCC(Cc1ccncc1Cl)C1CCS(=O)(=O)C1. The van der Waals surface area contributed by atoms with E-state index in [4.69, 9.17) is 11.6 Å². The maximum absolute atomic E-state index is 11.7. The van der Waals surface area contributed by atoms with E-state index in [9.17, 15) is 8.42 Å². The molecule has 0 radical (unpaired) electrons. The molecule has 20 heavy (non-hydrogen) atoms. The average molecular weight is 317 g/mol. The molecule has 1 saturated heterocycles. The van der Waals surface area contributed by atoms with Crippen LogP contribution in [0.5, 0.6) is 0 Å². The summed E-state index contributed by atoms with van der Waals surface area (Å²) in [6, 6.07) is 1.92. The molecule has 0 aromatic carbocycles. The van der Waals surface area contributed by atoms with Crippen molar-refractivity contribution in [2.45, 2.75) is 19.8 Å². The van der Waals surface area contributed by atoms with Crippen LogP contribution in [-0.2, 0) is 16.3 Å². The lowest BCUT2D eigenvalue weighted by atomic mass is 9.86. The molecular weight excluding hydrogens is 296 g/mol. The molecule has 1 fully saturated rings. The third kappa shape index (κ3) is 4.17. The van der Waals surface area contributed by atoms with E-state index in [1.807, 2.05) is 6.07 Å². The first-order valence-electron chi connectivity index (χ1n) is 7.01. The molecule has 6 heteroatoms. The number of aromatic nitrogens is 1. The van der Waals surface area contributed by atoms with E-state index in [1.54, 1.807) is 12.4 Å². The lowest BCUT2D eigenvalue weighted by Gasteiger charge is -2.23. The summed E-state index contributed by atoms with van der Waals surface area (Å²) in [4.78, 5) is 3.99. The Hall–Kier alpha value is -0.650. The van der Waals surface area contributed by atoms with E-state index < -0.39 is 9.84 Å². The molecule has 112 valence electrons. The van der Waals surface area contributed by atoms with Gasteiger partial charge in [-0.3, -0.25) is 4.98 Å². The zero-order valence-corrected chi connectivity index (χ0v) is 13.3. The molecule has 0 spiro atoms. The molecule has 2 atom stereocenters. The summed E-state index contributed by atoms with van der Waals surface area (Å²) in [6.07, 6.45) is 4.94. The molecule has 1 aliphatic heterocycles. The first-order valence-corrected chi connectivity index (χ1v) is 9.21. The quantitative estimate of drug-likeness (QED) is 0.871. The van der Waals surface area contributed by atoms with E-state index in [2.05, 4.69) is 17.2 Å². The molecule has 0 saturated carbocycles. The van der Waals surface area contributed by atoms with Crippen molar-refractivity contribution in [1.82, 2.24) is 10.3 Å². The number of nitrogens with zero attached hydrogens (tertiary/aromatic N) is 1. The highest BCUT2D eigenvalue weighted by Gasteiger charge is 2.33. The van der Waals surface area contributed by atoms with Gasteiger partial charge in [-0.2, -0.15) is 0 Å². The van der Waals surface area contributed by atoms with Crippen molar-refractivity contribution >= 4 is 21.4 Å². The van der Waals surface area contributed by atoms with Crippen LogP contribution in [-0.4, -0.2) is 38.0 Å². The van der Waals surface area contributed by atoms with Gasteiger partial charge in [0.1, 0.15) is 0 Å². The highest BCUT2D eigenvalue weighted by Crippen LogP contribution is 2.29. The maximum Gasteiger partial charge on any atom is 0.150 e. The lowest BCUT2D eigenvalue weighted by molar-refractivity contribution is 0.346. The average Bonchev–Trinajstić information content (AvgIpc) is 2.77. The maximum atomic E-state index is 11.7. The van der Waals surface area contributed by atoms with Crippen molar-refractivity contribution in [3.63, 3.8) is 0 Å². The highest BCUT2D eigenvalue weighted by atomic mass is 35.5. The Labute approximate surface area is 125 Å². The fraction of sp³-hybridized carbons (Fsp3) is 0.643. The van der Waals surface area contributed by atoms with E-state index >= 15 is 0 Å². The van der Waals surface area contributed by atoms with Gasteiger partial charge < -0.3 is 5.32 Å². The minimum atomic E-state index is -2.84. The number of nitrogens with one attached hydrogen (secondary N) is 1. The first kappa shape index (κ1) is 15.7. The van der Waals surface area contributed by atoms with Crippen LogP contribution in [0.3, 0.4) is 0 Å². The molecule has 4 nitrogen and oxygen atoms in total. The molecule has 2 rings (SSSR count). The van der Waals surface area contributed by atoms with Crippen LogP contribution in [0, 0.1) is 11.8 Å². The minimum absolute atomic E-state index is 0.225. The summed E-state index contributed by atoms with van der Waals surface area (Å²) in [6.45, 7) is 3.78. The van der Waals surface area contributed by atoms with E-state index in [-0.39, 0.29) is 5.92 Å². The van der Waals surface area contributed by atoms with Gasteiger partial charge >= 0.3 is 0 Å². The van der Waals surface area contributed by atoms with Crippen LogP contribution in [0.2, 0.25) is 5.02 Å². The molecule has 1 aromatic heterocycles. The highest BCUT2D eigenvalue weighted by molar-refractivity contribution is 7.91. The molecule has 0 bridgehead atoms. The molecular formula is C14H21ClN2O2S. The Kier molecular flexibility index (Phi) is 5.41. The largest absolute Gasteiger partial charge is 0.317 e. The van der Waals surface area contributed by atoms with Crippen LogP contribution in [0.15, 0.2) is 18.5 Å². The molecule has 0 aliphatic carbocycles. The van der Waals surface area contributed by atoms with Gasteiger partial charge in [0.05, 0.1) is 16.5 Å². The summed E-state index contributed by atoms with van der Waals surface area (Å²) in [7, 11) is -2.84. The fourth-order valence-corrected chi connectivity index (χ4v) is 4.90. The Morgan fingerprint density at radius 2 is 2.35 bits per heavy atom. The van der Waals surface area contributed by atoms with Crippen molar-refractivity contribution in [3.05, 3.63) is 29.0 Å². The zero-order valence-electron chi connectivity index (χ0n) is 11.7. The zero-order chi connectivity index (χ0) is 14.6. The molecule has 1 aromatic rings. The topological polar surface area (TPSA) is 59.1 Å². The standard InChI is InChI=1S/C14H21ClN2O2S/c1-2-16-8-13(12-4-6-20(18,19)10-12)7-11-3-5-17-9-14(11)15/h3,5,9,12-13,16H,2,4,6-8,10H2,1H3. The van der Waals surface area contributed by atoms with Crippen LogP contribution in [0.25, 0.3) is 0 Å². The molecule has 1 N–H and O–H groups in total. The van der Waals surface area contributed by atoms with Gasteiger partial charge in [0.25, 0.3) is 0 Å². The number of pyridine rings is 1. The predicted octanol–water partition coefficient (Wildman–Crippen LogP) is 1.94. The monoisotopic (exact) mass is 316 g/mol. The Bertz CT molecular complexity index is 548. The second-order valence-electron chi connectivity index (χ2n) is 5.40. The third-order valence-electron chi connectivity index (χ3n) is 3.93. The summed E-state index contributed by atoms with van der Waals surface area (Å²) in [5.74, 6) is 1.16. The van der Waals surface area contributed by atoms with Crippen LogP contribution >= 0.6 is 11.6 Å². The van der Waals surface area contributed by atoms with Crippen LogP contribution in [0.1, 0.15) is 18.9 Å². The summed E-state index contributed by atoms with van der Waals surface area (Å²) < 4.78 is 23.4. The smallest absolute Gasteiger partial charge is 0.150 e. The Balaban J connectivity index is 2.10. The number of rotatable bonds is 6. The summed E-state index contributed by atoms with van der Waals surface area (Å²) >= 11 is 6.16. The van der Waals surface area contributed by atoms with Crippen LogP contribution < -0.4 is 5.32 Å². The second-order valence-corrected chi connectivity index (χ2v) is 8.04. The fourth-order valence-electron chi connectivity index (χ4n) is 2.78. The van der Waals surface area contributed by atoms with Crippen molar-refractivity contribution < 1.29 is 8.42 Å². The lowest BCUT2D eigenvalue weighted by Crippen LogP contribution is -2.30. The minimum Gasteiger partial charge on any atom is -0.317 e. The van der Waals surface area contributed by atoms with Gasteiger partial charge in [0.15, 0.2) is 9.84 Å². The van der Waals surface area contributed by atoms with Crippen molar-refractivity contribution in [3.8, 4) is 0 Å². The first-order chi connectivity index (χ1) is 9.52. The third-order valence-corrected chi connectivity index (χ3v) is 6.06.